The standard InChI is InChI=1S/C15H11Cl2N3O2/c16-11-7-6-10(13(17)8-11)9-18-20-15(22)14(21)19-12-4-2-1-3-5-12/h1-9H,(H,19,21)(H,20,22)/b18-9-. The van der Waals surface area contributed by atoms with Gasteiger partial charge < -0.3 is 5.32 Å². The van der Waals surface area contributed by atoms with Crippen LogP contribution in [0.15, 0.2) is 53.6 Å². The predicted octanol–water partition coefficient (Wildman–Crippen LogP) is 3.08. The van der Waals surface area contributed by atoms with Gasteiger partial charge in [0.25, 0.3) is 0 Å². The summed E-state index contributed by atoms with van der Waals surface area (Å²) in [5, 5.41) is 7.00. The molecule has 0 aliphatic heterocycles. The fourth-order valence-electron chi connectivity index (χ4n) is 1.53. The molecule has 0 aliphatic carbocycles. The maximum Gasteiger partial charge on any atom is 0.329 e. The van der Waals surface area contributed by atoms with Crippen LogP contribution in [0.25, 0.3) is 0 Å². The first-order chi connectivity index (χ1) is 10.6. The molecule has 7 heteroatoms. The first-order valence-corrected chi connectivity index (χ1v) is 6.96. The van der Waals surface area contributed by atoms with E-state index >= 15 is 0 Å². The van der Waals surface area contributed by atoms with Crippen molar-refractivity contribution in [3.05, 3.63) is 64.1 Å². The Balaban J connectivity index is 1.92. The number of hydrogen-bond acceptors (Lipinski definition) is 3. The van der Waals surface area contributed by atoms with Crippen LogP contribution in [-0.4, -0.2) is 18.0 Å². The van der Waals surface area contributed by atoms with Crippen LogP contribution in [0.3, 0.4) is 0 Å². The third-order valence-electron chi connectivity index (χ3n) is 2.57. The van der Waals surface area contributed by atoms with Gasteiger partial charge in [-0.2, -0.15) is 5.10 Å². The van der Waals surface area contributed by atoms with Crippen molar-refractivity contribution in [3.8, 4) is 0 Å². The molecule has 0 aliphatic rings. The van der Waals surface area contributed by atoms with Gasteiger partial charge in [0.05, 0.1) is 11.2 Å². The summed E-state index contributed by atoms with van der Waals surface area (Å²) in [4.78, 5) is 23.2. The lowest BCUT2D eigenvalue weighted by Gasteiger charge is -2.03. The number of rotatable bonds is 3. The zero-order chi connectivity index (χ0) is 15.9. The van der Waals surface area contributed by atoms with Gasteiger partial charge in [0.2, 0.25) is 0 Å². The highest BCUT2D eigenvalue weighted by atomic mass is 35.5. The van der Waals surface area contributed by atoms with E-state index in [1.807, 2.05) is 0 Å². The predicted molar refractivity (Wildman–Crippen MR) is 87.3 cm³/mol. The maximum absolute atomic E-state index is 11.6. The summed E-state index contributed by atoms with van der Waals surface area (Å²) in [5.74, 6) is -1.70. The van der Waals surface area contributed by atoms with Crippen LogP contribution in [0.2, 0.25) is 10.0 Å². The van der Waals surface area contributed by atoms with E-state index in [9.17, 15) is 9.59 Å². The van der Waals surface area contributed by atoms with Gasteiger partial charge in [-0.25, -0.2) is 5.43 Å². The Morgan fingerprint density at radius 2 is 1.73 bits per heavy atom. The molecule has 0 atom stereocenters. The first kappa shape index (κ1) is 16.0. The maximum atomic E-state index is 11.6. The van der Waals surface area contributed by atoms with E-state index < -0.39 is 11.8 Å². The van der Waals surface area contributed by atoms with Crippen molar-refractivity contribution in [2.75, 3.05) is 5.32 Å². The van der Waals surface area contributed by atoms with Crippen LogP contribution < -0.4 is 10.7 Å². The minimum atomic E-state index is -0.884. The van der Waals surface area contributed by atoms with E-state index in [-0.39, 0.29) is 0 Å². The van der Waals surface area contributed by atoms with Gasteiger partial charge in [0, 0.05) is 16.3 Å². The lowest BCUT2D eigenvalue weighted by Crippen LogP contribution is -2.32. The average Bonchev–Trinajstić information content (AvgIpc) is 2.50. The number of benzene rings is 2. The first-order valence-electron chi connectivity index (χ1n) is 6.21. The Kier molecular flexibility index (Phi) is 5.52. The fourth-order valence-corrected chi connectivity index (χ4v) is 1.98. The topological polar surface area (TPSA) is 70.6 Å². The number of amides is 2. The van der Waals surface area contributed by atoms with E-state index in [2.05, 4.69) is 15.8 Å². The van der Waals surface area contributed by atoms with Crippen LogP contribution >= 0.6 is 23.2 Å². The number of nitrogens with one attached hydrogen (secondary N) is 2. The zero-order valence-corrected chi connectivity index (χ0v) is 12.7. The Bertz CT molecular complexity index is 718. The average molecular weight is 336 g/mol. The van der Waals surface area contributed by atoms with Crippen LogP contribution in [-0.2, 0) is 9.59 Å². The van der Waals surface area contributed by atoms with E-state index in [0.717, 1.165) is 0 Å². The summed E-state index contributed by atoms with van der Waals surface area (Å²) >= 11 is 11.7. The number of halogens is 2. The normalized spacial score (nSPS) is 10.5. The molecule has 0 saturated carbocycles. The zero-order valence-electron chi connectivity index (χ0n) is 11.2. The van der Waals surface area contributed by atoms with Crippen LogP contribution in [0.4, 0.5) is 5.69 Å². The van der Waals surface area contributed by atoms with Crippen molar-refractivity contribution in [3.63, 3.8) is 0 Å². The second-order valence-electron chi connectivity index (χ2n) is 4.19. The molecule has 2 aromatic carbocycles. The summed E-state index contributed by atoms with van der Waals surface area (Å²) in [6.45, 7) is 0. The molecule has 5 nitrogen and oxygen atoms in total. The molecule has 0 heterocycles. The monoisotopic (exact) mass is 335 g/mol. The lowest BCUT2D eigenvalue weighted by atomic mass is 10.2. The van der Waals surface area contributed by atoms with Gasteiger partial charge in [0.15, 0.2) is 0 Å². The molecule has 0 spiro atoms. The number of para-hydroxylation sites is 1. The third-order valence-corrected chi connectivity index (χ3v) is 3.13. The van der Waals surface area contributed by atoms with Crippen molar-refractivity contribution < 1.29 is 9.59 Å². The Morgan fingerprint density at radius 1 is 1.00 bits per heavy atom. The highest BCUT2D eigenvalue weighted by Gasteiger charge is 2.12. The van der Waals surface area contributed by atoms with Crippen LogP contribution in [0.1, 0.15) is 5.56 Å². The molecule has 22 heavy (non-hydrogen) atoms. The number of carbonyl (C=O) groups is 2. The van der Waals surface area contributed by atoms with Crippen LogP contribution in [0.5, 0.6) is 0 Å². The molecule has 0 fully saturated rings. The quantitative estimate of drug-likeness (QED) is 0.514. The fraction of sp³-hybridized carbons (Fsp3) is 0. The van der Waals surface area contributed by atoms with Gasteiger partial charge in [0.1, 0.15) is 0 Å². The molecular weight excluding hydrogens is 325 g/mol. The Labute approximate surface area is 136 Å². The molecule has 0 radical (unpaired) electrons. The Hall–Kier alpha value is -2.37. The molecule has 0 unspecified atom stereocenters. The summed E-state index contributed by atoms with van der Waals surface area (Å²) < 4.78 is 0. The van der Waals surface area contributed by atoms with E-state index in [1.54, 1.807) is 48.5 Å². The van der Waals surface area contributed by atoms with Crippen molar-refractivity contribution in [2.24, 2.45) is 5.10 Å². The Morgan fingerprint density at radius 3 is 2.41 bits per heavy atom. The lowest BCUT2D eigenvalue weighted by molar-refractivity contribution is -0.136. The summed E-state index contributed by atoms with van der Waals surface area (Å²) in [6.07, 6.45) is 1.33. The van der Waals surface area contributed by atoms with E-state index in [1.165, 1.54) is 6.21 Å². The van der Waals surface area contributed by atoms with Crippen LogP contribution in [0, 0.1) is 0 Å². The molecule has 2 amide bonds. The highest BCUT2D eigenvalue weighted by Crippen LogP contribution is 2.19. The van der Waals surface area contributed by atoms with Crippen molar-refractivity contribution in [1.29, 1.82) is 0 Å². The molecule has 2 N–H and O–H groups in total. The van der Waals surface area contributed by atoms with Gasteiger partial charge in [-0.3, -0.25) is 9.59 Å². The van der Waals surface area contributed by atoms with Gasteiger partial charge in [-0.1, -0.05) is 47.5 Å². The molecule has 112 valence electrons. The van der Waals surface area contributed by atoms with Gasteiger partial charge >= 0.3 is 11.8 Å². The number of hydrogen-bond donors (Lipinski definition) is 2. The number of carbonyl (C=O) groups excluding carboxylic acids is 2. The molecule has 0 bridgehead atoms. The van der Waals surface area contributed by atoms with E-state index in [0.29, 0.717) is 21.3 Å². The largest absolute Gasteiger partial charge is 0.329 e. The minimum absolute atomic E-state index is 0.388. The van der Waals surface area contributed by atoms with Crippen molar-refractivity contribution >= 4 is 46.9 Å². The highest BCUT2D eigenvalue weighted by molar-refractivity contribution is 6.39. The molecular formula is C15H11Cl2N3O2. The molecule has 0 saturated heterocycles. The van der Waals surface area contributed by atoms with Gasteiger partial charge in [-0.15, -0.1) is 0 Å². The third kappa shape index (κ3) is 4.58. The number of hydrazone groups is 1. The summed E-state index contributed by atoms with van der Waals surface area (Å²) in [5.41, 5.74) is 3.21. The van der Waals surface area contributed by atoms with E-state index in [4.69, 9.17) is 23.2 Å². The molecule has 2 rings (SSSR count). The number of anilines is 1. The van der Waals surface area contributed by atoms with Crippen molar-refractivity contribution in [1.82, 2.24) is 5.43 Å². The SMILES string of the molecule is O=C(N/N=C\c1ccc(Cl)cc1Cl)C(=O)Nc1ccccc1. The van der Waals surface area contributed by atoms with Gasteiger partial charge in [-0.05, 0) is 24.3 Å². The second-order valence-corrected chi connectivity index (χ2v) is 5.03. The van der Waals surface area contributed by atoms with Crippen molar-refractivity contribution in [2.45, 2.75) is 0 Å². The summed E-state index contributed by atoms with van der Waals surface area (Å²) in [7, 11) is 0. The molecule has 2 aromatic rings. The minimum Gasteiger partial charge on any atom is -0.318 e. The molecule has 0 aromatic heterocycles. The summed E-state index contributed by atoms with van der Waals surface area (Å²) in [6, 6.07) is 13.5. The number of nitrogens with zero attached hydrogens (tertiary/aromatic N) is 1. The smallest absolute Gasteiger partial charge is 0.318 e. The second kappa shape index (κ2) is 7.59.